The number of hydrogen-bond donors (Lipinski definition) is 2. The Hall–Kier alpha value is -2.25. The second-order valence-corrected chi connectivity index (χ2v) is 6.65. The third-order valence-electron chi connectivity index (χ3n) is 3.86. The van der Waals surface area contributed by atoms with Crippen LogP contribution in [0.25, 0.3) is 0 Å². The van der Waals surface area contributed by atoms with Gasteiger partial charge in [-0.1, -0.05) is 11.6 Å². The molecule has 1 fully saturated rings. The van der Waals surface area contributed by atoms with E-state index in [4.69, 9.17) is 11.6 Å². The molecule has 0 spiro atoms. The molecule has 4 amide bonds. The number of nitrogens with one attached hydrogen (secondary N) is 2. The fraction of sp³-hybridized carbons (Fsp3) is 0.412. The van der Waals surface area contributed by atoms with Gasteiger partial charge in [0.1, 0.15) is 0 Å². The van der Waals surface area contributed by atoms with Crippen LogP contribution in [0.3, 0.4) is 0 Å². The van der Waals surface area contributed by atoms with Crippen molar-refractivity contribution in [2.45, 2.75) is 13.3 Å². The molecule has 1 atom stereocenters. The van der Waals surface area contributed by atoms with Gasteiger partial charge in [-0.2, -0.15) is 0 Å². The molecular weight excluding hydrogens is 344 g/mol. The molecule has 25 heavy (non-hydrogen) atoms. The maximum Gasteiger partial charge on any atom is 0.335 e. The minimum atomic E-state index is -1.10. The molecule has 0 saturated carbocycles. The number of anilines is 1. The highest BCUT2D eigenvalue weighted by atomic mass is 35.5. The second-order valence-electron chi connectivity index (χ2n) is 6.21. The number of barbiturate groups is 1. The van der Waals surface area contributed by atoms with Crippen LogP contribution >= 0.6 is 11.6 Å². The van der Waals surface area contributed by atoms with Gasteiger partial charge in [-0.3, -0.25) is 19.9 Å². The van der Waals surface area contributed by atoms with Gasteiger partial charge in [0.05, 0.1) is 26.3 Å². The zero-order valence-electron chi connectivity index (χ0n) is 14.5. The number of urea groups is 1. The lowest BCUT2D eigenvalue weighted by atomic mass is 9.99. The predicted molar refractivity (Wildman–Crippen MR) is 96.2 cm³/mol. The maximum atomic E-state index is 12.7. The number of hydrogen-bond acceptors (Lipinski definition) is 4. The van der Waals surface area contributed by atoms with Gasteiger partial charge in [-0.25, -0.2) is 9.69 Å². The van der Waals surface area contributed by atoms with Crippen LogP contribution < -0.4 is 15.1 Å². The predicted octanol–water partition coefficient (Wildman–Crippen LogP) is 0.534. The number of carbonyl (C=O) groups excluding carboxylic acids is 3. The molecule has 8 heteroatoms. The molecule has 0 bridgehead atoms. The van der Waals surface area contributed by atoms with Crippen LogP contribution in [0.5, 0.6) is 0 Å². The summed E-state index contributed by atoms with van der Waals surface area (Å²) in [5.41, 5.74) is 0.760. The molecule has 1 aliphatic heterocycles. The molecule has 7 nitrogen and oxygen atoms in total. The molecule has 1 unspecified atom stereocenters. The smallest absolute Gasteiger partial charge is 0.335 e. The lowest BCUT2D eigenvalue weighted by Crippen LogP contribution is -3.05. The van der Waals surface area contributed by atoms with Crippen LogP contribution in [0.2, 0.25) is 5.02 Å². The van der Waals surface area contributed by atoms with Gasteiger partial charge >= 0.3 is 6.03 Å². The van der Waals surface area contributed by atoms with Crippen LogP contribution in [0.1, 0.15) is 13.3 Å². The summed E-state index contributed by atoms with van der Waals surface area (Å²) in [4.78, 5) is 43.6. The van der Waals surface area contributed by atoms with Crippen LogP contribution in [-0.4, -0.2) is 50.7 Å². The van der Waals surface area contributed by atoms with Crippen molar-refractivity contribution in [1.82, 2.24) is 5.32 Å². The molecule has 0 aromatic heterocycles. The second kappa shape index (κ2) is 8.22. The Bertz CT molecular complexity index is 700. The molecule has 134 valence electrons. The third kappa shape index (κ3) is 4.64. The first-order valence-corrected chi connectivity index (χ1v) is 8.43. The Morgan fingerprint density at radius 2 is 1.88 bits per heavy atom. The van der Waals surface area contributed by atoms with Gasteiger partial charge in [-0.05, 0) is 31.2 Å². The lowest BCUT2D eigenvalue weighted by molar-refractivity contribution is -0.858. The van der Waals surface area contributed by atoms with Crippen LogP contribution in [0.4, 0.5) is 10.5 Å². The van der Waals surface area contributed by atoms with E-state index in [1.165, 1.54) is 4.90 Å². The number of amides is 4. The zero-order valence-corrected chi connectivity index (χ0v) is 15.3. The highest BCUT2D eigenvalue weighted by Gasteiger charge is 2.42. The first-order valence-electron chi connectivity index (χ1n) is 8.05. The molecule has 2 N–H and O–H groups in total. The summed E-state index contributed by atoms with van der Waals surface area (Å²) in [5, 5.41) is 2.71. The van der Waals surface area contributed by atoms with Gasteiger partial charge in [0.15, 0.2) is 5.92 Å². The third-order valence-corrected chi connectivity index (χ3v) is 4.11. The molecule has 2 rings (SSSR count). The van der Waals surface area contributed by atoms with E-state index in [0.29, 0.717) is 23.0 Å². The normalized spacial score (nSPS) is 18.8. The molecule has 0 aliphatic carbocycles. The van der Waals surface area contributed by atoms with Crippen molar-refractivity contribution in [2.24, 2.45) is 10.9 Å². The lowest BCUT2D eigenvalue weighted by Gasteiger charge is -2.30. The molecular formula is C17H22ClN4O3+. The van der Waals surface area contributed by atoms with E-state index in [-0.39, 0.29) is 0 Å². The summed E-state index contributed by atoms with van der Waals surface area (Å²) in [6.07, 6.45) is 0.849. The van der Waals surface area contributed by atoms with E-state index >= 15 is 0 Å². The molecule has 1 aromatic rings. The van der Waals surface area contributed by atoms with Gasteiger partial charge < -0.3 is 4.90 Å². The Labute approximate surface area is 151 Å². The summed E-state index contributed by atoms with van der Waals surface area (Å²) in [6.45, 7) is 3.11. The summed E-state index contributed by atoms with van der Waals surface area (Å²) >= 11 is 5.84. The Morgan fingerprint density at radius 3 is 2.48 bits per heavy atom. The number of imide groups is 2. The number of nitrogens with zero attached hydrogens (tertiary/aromatic N) is 2. The maximum absolute atomic E-state index is 12.7. The van der Waals surface area contributed by atoms with E-state index in [1.54, 1.807) is 31.2 Å². The molecule has 1 saturated heterocycles. The van der Waals surface area contributed by atoms with E-state index in [1.807, 2.05) is 14.1 Å². The molecule has 0 radical (unpaired) electrons. The van der Waals surface area contributed by atoms with Crippen LogP contribution in [0, 0.1) is 5.92 Å². The molecule has 1 aromatic carbocycles. The standard InChI is InChI=1S/C17H21ClN4O3/c1-11(19-9-4-10-21(2)3)14-15(23)20-17(25)22(16(14)24)13-7-5-12(18)6-8-13/h5-8,14H,4,9-10H2,1-3H3,(H,20,23,25)/p+1. The van der Waals surface area contributed by atoms with E-state index in [2.05, 4.69) is 10.3 Å². The van der Waals surface area contributed by atoms with Crippen molar-refractivity contribution in [3.63, 3.8) is 0 Å². The minimum Gasteiger partial charge on any atom is -0.340 e. The van der Waals surface area contributed by atoms with Gasteiger partial charge in [0.2, 0.25) is 5.91 Å². The minimum absolute atomic E-state index is 0.355. The van der Waals surface area contributed by atoms with Gasteiger partial charge in [0, 0.05) is 23.7 Å². The number of benzene rings is 1. The topological polar surface area (TPSA) is 83.3 Å². The summed E-state index contributed by atoms with van der Waals surface area (Å²) in [6, 6.07) is 5.50. The number of aliphatic imine (C=N–C) groups is 1. The fourth-order valence-electron chi connectivity index (χ4n) is 2.56. The Balaban J connectivity index is 2.19. The quantitative estimate of drug-likeness (QED) is 0.438. The molecule has 1 heterocycles. The zero-order chi connectivity index (χ0) is 18.6. The van der Waals surface area contributed by atoms with E-state index in [0.717, 1.165) is 17.9 Å². The van der Waals surface area contributed by atoms with Crippen molar-refractivity contribution in [2.75, 3.05) is 32.1 Å². The van der Waals surface area contributed by atoms with Crippen molar-refractivity contribution in [1.29, 1.82) is 0 Å². The highest BCUT2D eigenvalue weighted by Crippen LogP contribution is 2.23. The number of carbonyl (C=O) groups is 3. The Kier molecular flexibility index (Phi) is 6.27. The number of quaternary nitrogens is 1. The van der Waals surface area contributed by atoms with Crippen molar-refractivity contribution < 1.29 is 19.3 Å². The molecule has 1 aliphatic rings. The SMILES string of the molecule is CC(=NCCC[NH+](C)C)C1C(=O)NC(=O)N(c2ccc(Cl)cc2)C1=O. The van der Waals surface area contributed by atoms with E-state index in [9.17, 15) is 14.4 Å². The number of rotatable bonds is 6. The summed E-state index contributed by atoms with van der Waals surface area (Å²) in [5.74, 6) is -2.34. The summed E-state index contributed by atoms with van der Waals surface area (Å²) in [7, 11) is 4.09. The first-order chi connectivity index (χ1) is 11.8. The van der Waals surface area contributed by atoms with Crippen LogP contribution in [-0.2, 0) is 9.59 Å². The number of halogens is 1. The monoisotopic (exact) mass is 365 g/mol. The Morgan fingerprint density at radius 1 is 1.24 bits per heavy atom. The van der Waals surface area contributed by atoms with E-state index < -0.39 is 23.8 Å². The van der Waals surface area contributed by atoms with Gasteiger partial charge in [0.25, 0.3) is 5.91 Å². The van der Waals surface area contributed by atoms with Crippen molar-refractivity contribution in [3.05, 3.63) is 29.3 Å². The van der Waals surface area contributed by atoms with Crippen molar-refractivity contribution >= 4 is 40.8 Å². The fourth-order valence-corrected chi connectivity index (χ4v) is 2.68. The van der Waals surface area contributed by atoms with Gasteiger partial charge in [-0.15, -0.1) is 0 Å². The summed E-state index contributed by atoms with van der Waals surface area (Å²) < 4.78 is 0. The average molecular weight is 366 g/mol. The highest BCUT2D eigenvalue weighted by molar-refractivity contribution is 6.35. The largest absolute Gasteiger partial charge is 0.340 e. The van der Waals surface area contributed by atoms with Crippen molar-refractivity contribution in [3.8, 4) is 0 Å². The van der Waals surface area contributed by atoms with Crippen LogP contribution in [0.15, 0.2) is 29.3 Å². The first kappa shape index (κ1) is 19.1. The average Bonchev–Trinajstić information content (AvgIpc) is 2.52.